The Morgan fingerprint density at radius 1 is 1.39 bits per heavy atom. The monoisotopic (exact) mass is 482 g/mol. The summed E-state index contributed by atoms with van der Waals surface area (Å²) in [5.41, 5.74) is 0. The van der Waals surface area contributed by atoms with Crippen LogP contribution < -0.4 is 10.6 Å². The highest BCUT2D eigenvalue weighted by atomic mass is 127. The Hall–Kier alpha value is -0.140. The molecule has 1 unspecified atom stereocenters. The minimum Gasteiger partial charge on any atom is -0.355 e. The zero-order chi connectivity index (χ0) is 16.8. The second-order valence-electron chi connectivity index (χ2n) is 5.53. The molecule has 1 fully saturated rings. The molecule has 1 atom stereocenters. The van der Waals surface area contributed by atoms with Crippen LogP contribution in [0.4, 0.5) is 0 Å². The minimum atomic E-state index is -3.07. The molecule has 8 nitrogen and oxygen atoms in total. The maximum Gasteiger partial charge on any atom is 0.214 e. The molecule has 0 aromatic rings. The van der Waals surface area contributed by atoms with Crippen LogP contribution in [0.15, 0.2) is 4.99 Å². The lowest BCUT2D eigenvalue weighted by Crippen LogP contribution is -2.45. The molecule has 0 saturated carbocycles. The summed E-state index contributed by atoms with van der Waals surface area (Å²) >= 11 is 0. The molecule has 1 aliphatic heterocycles. The largest absolute Gasteiger partial charge is 0.355 e. The van der Waals surface area contributed by atoms with Gasteiger partial charge in [-0.15, -0.1) is 24.0 Å². The van der Waals surface area contributed by atoms with Crippen molar-refractivity contribution in [1.29, 1.82) is 0 Å². The Morgan fingerprint density at radius 2 is 2.04 bits per heavy atom. The normalized spacial score (nSPS) is 19.9. The number of aliphatic imine (C=N–C) groups is 1. The Balaban J connectivity index is 0.00000484. The second-order valence-corrected chi connectivity index (χ2v) is 9.88. The Kier molecular flexibility index (Phi) is 9.93. The van der Waals surface area contributed by atoms with Crippen LogP contribution in [0.2, 0.25) is 0 Å². The molecule has 0 bridgehead atoms. The molecule has 2 N–H and O–H groups in total. The van der Waals surface area contributed by atoms with E-state index in [4.69, 9.17) is 0 Å². The number of nitrogens with one attached hydrogen (secondary N) is 2. The number of sulfone groups is 1. The highest BCUT2D eigenvalue weighted by molar-refractivity contribution is 14.0. The van der Waals surface area contributed by atoms with Crippen LogP contribution in [0.1, 0.15) is 19.8 Å². The topological polar surface area (TPSA) is 108 Å². The first-order valence-corrected chi connectivity index (χ1v) is 10.9. The van der Waals surface area contributed by atoms with E-state index in [9.17, 15) is 16.8 Å². The lowest BCUT2D eigenvalue weighted by atomic mass is 10.3. The molecule has 1 saturated heterocycles. The van der Waals surface area contributed by atoms with E-state index >= 15 is 0 Å². The molecule has 11 heteroatoms. The van der Waals surface area contributed by atoms with Crippen molar-refractivity contribution in [3.63, 3.8) is 0 Å². The first-order chi connectivity index (χ1) is 10.1. The van der Waals surface area contributed by atoms with Crippen molar-refractivity contribution in [2.24, 2.45) is 4.99 Å². The van der Waals surface area contributed by atoms with E-state index in [1.807, 2.05) is 6.92 Å². The first kappa shape index (κ1) is 22.9. The van der Waals surface area contributed by atoms with Crippen LogP contribution in [0.5, 0.6) is 0 Å². The van der Waals surface area contributed by atoms with E-state index in [1.165, 1.54) is 10.6 Å². The van der Waals surface area contributed by atoms with Gasteiger partial charge in [-0.1, -0.05) is 0 Å². The summed E-state index contributed by atoms with van der Waals surface area (Å²) in [6.07, 6.45) is 2.38. The Bertz CT molecular complexity index is 592. The smallest absolute Gasteiger partial charge is 0.214 e. The Morgan fingerprint density at radius 3 is 2.52 bits per heavy atom. The van der Waals surface area contributed by atoms with Crippen LogP contribution in [0.3, 0.4) is 0 Å². The number of guanidine groups is 1. The maximum absolute atomic E-state index is 11.7. The average Bonchev–Trinajstić information content (AvgIpc) is 2.73. The van der Waals surface area contributed by atoms with Crippen molar-refractivity contribution < 1.29 is 16.8 Å². The zero-order valence-corrected chi connectivity index (χ0v) is 17.7. The van der Waals surface area contributed by atoms with E-state index in [0.29, 0.717) is 38.4 Å². The number of hydrogen-bond donors (Lipinski definition) is 2. The third-order valence-electron chi connectivity index (χ3n) is 3.39. The summed E-state index contributed by atoms with van der Waals surface area (Å²) in [5.74, 6) is 0.879. The molecule has 0 aromatic carbocycles. The first-order valence-electron chi connectivity index (χ1n) is 7.27. The van der Waals surface area contributed by atoms with Crippen LogP contribution in [0.25, 0.3) is 0 Å². The van der Waals surface area contributed by atoms with E-state index in [-0.39, 0.29) is 41.5 Å². The predicted molar refractivity (Wildman–Crippen MR) is 104 cm³/mol. The lowest BCUT2D eigenvalue weighted by molar-refractivity contribution is 0.444. The van der Waals surface area contributed by atoms with Crippen molar-refractivity contribution >= 4 is 49.8 Å². The fourth-order valence-electron chi connectivity index (χ4n) is 2.13. The molecule has 0 aliphatic carbocycles. The number of rotatable bonds is 7. The highest BCUT2D eigenvalue weighted by Gasteiger charge is 2.27. The van der Waals surface area contributed by atoms with Crippen LogP contribution in [0, 0.1) is 0 Å². The Labute approximate surface area is 156 Å². The van der Waals surface area contributed by atoms with Gasteiger partial charge in [0.15, 0.2) is 5.96 Å². The molecular weight excluding hydrogens is 455 g/mol. The standard InChI is InChI=1S/C12H26N4O4S2.HI/c1-11(5-10-21(3,17)18)15-12(13-2)14-6-8-16-7-4-9-22(16,19)20;/h11H,4-10H2,1-3H3,(H2,13,14,15);1H. The van der Waals surface area contributed by atoms with E-state index < -0.39 is 19.9 Å². The van der Waals surface area contributed by atoms with Gasteiger partial charge in [0.2, 0.25) is 10.0 Å². The van der Waals surface area contributed by atoms with Gasteiger partial charge in [0.1, 0.15) is 9.84 Å². The summed E-state index contributed by atoms with van der Waals surface area (Å²) in [6.45, 7) is 3.31. The summed E-state index contributed by atoms with van der Waals surface area (Å²) in [5, 5.41) is 6.14. The fourth-order valence-corrected chi connectivity index (χ4v) is 4.44. The average molecular weight is 482 g/mol. The molecule has 1 rings (SSSR count). The highest BCUT2D eigenvalue weighted by Crippen LogP contribution is 2.11. The molecular formula is C12H27IN4O4S2. The molecule has 1 heterocycles. The molecule has 138 valence electrons. The SMILES string of the molecule is CN=C(NCCN1CCCS1(=O)=O)NC(C)CCS(C)(=O)=O.I. The summed E-state index contributed by atoms with van der Waals surface area (Å²) < 4.78 is 47.1. The predicted octanol–water partition coefficient (Wildman–Crippen LogP) is -0.372. The lowest BCUT2D eigenvalue weighted by Gasteiger charge is -2.19. The molecule has 0 spiro atoms. The van der Waals surface area contributed by atoms with Gasteiger partial charge in [-0.25, -0.2) is 21.1 Å². The zero-order valence-electron chi connectivity index (χ0n) is 13.8. The third kappa shape index (κ3) is 9.05. The van der Waals surface area contributed by atoms with Gasteiger partial charge >= 0.3 is 0 Å². The van der Waals surface area contributed by atoms with Gasteiger partial charge < -0.3 is 10.6 Å². The van der Waals surface area contributed by atoms with Crippen molar-refractivity contribution in [2.45, 2.75) is 25.8 Å². The van der Waals surface area contributed by atoms with E-state index in [2.05, 4.69) is 15.6 Å². The van der Waals surface area contributed by atoms with Gasteiger partial charge in [0.05, 0.1) is 11.5 Å². The van der Waals surface area contributed by atoms with Crippen molar-refractivity contribution in [3.8, 4) is 0 Å². The fraction of sp³-hybridized carbons (Fsp3) is 0.917. The third-order valence-corrected chi connectivity index (χ3v) is 6.32. The van der Waals surface area contributed by atoms with Crippen molar-refractivity contribution in [2.75, 3.05) is 44.4 Å². The quantitative estimate of drug-likeness (QED) is 0.291. The summed E-state index contributed by atoms with van der Waals surface area (Å²) in [4.78, 5) is 4.05. The molecule has 23 heavy (non-hydrogen) atoms. The summed E-state index contributed by atoms with van der Waals surface area (Å²) in [6, 6.07) is -0.0450. The minimum absolute atomic E-state index is 0. The summed E-state index contributed by atoms with van der Waals surface area (Å²) in [7, 11) is -4.43. The van der Waals surface area contributed by atoms with Gasteiger partial charge in [0, 0.05) is 39.0 Å². The van der Waals surface area contributed by atoms with Gasteiger partial charge in [-0.3, -0.25) is 4.99 Å². The molecule has 0 radical (unpaired) electrons. The number of nitrogens with zero attached hydrogens (tertiary/aromatic N) is 2. The van der Waals surface area contributed by atoms with E-state index in [0.717, 1.165) is 0 Å². The van der Waals surface area contributed by atoms with Crippen LogP contribution >= 0.6 is 24.0 Å². The number of hydrogen-bond acceptors (Lipinski definition) is 5. The molecule has 0 aromatic heterocycles. The van der Waals surface area contributed by atoms with Gasteiger partial charge in [-0.05, 0) is 19.8 Å². The van der Waals surface area contributed by atoms with Crippen LogP contribution in [-0.4, -0.2) is 77.6 Å². The van der Waals surface area contributed by atoms with Gasteiger partial charge in [0.25, 0.3) is 0 Å². The number of halogens is 1. The van der Waals surface area contributed by atoms with Crippen molar-refractivity contribution in [1.82, 2.24) is 14.9 Å². The molecule has 0 amide bonds. The van der Waals surface area contributed by atoms with Crippen LogP contribution in [-0.2, 0) is 19.9 Å². The van der Waals surface area contributed by atoms with Crippen molar-refractivity contribution in [3.05, 3.63) is 0 Å². The number of sulfonamides is 1. The van der Waals surface area contributed by atoms with E-state index in [1.54, 1.807) is 7.05 Å². The maximum atomic E-state index is 11.7. The second kappa shape index (κ2) is 9.99. The van der Waals surface area contributed by atoms with Gasteiger partial charge in [-0.2, -0.15) is 0 Å². The molecule has 1 aliphatic rings.